The van der Waals surface area contributed by atoms with Gasteiger partial charge in [-0.15, -0.1) is 6.58 Å². The predicted molar refractivity (Wildman–Crippen MR) is 79.9 cm³/mol. The van der Waals surface area contributed by atoms with E-state index < -0.39 is 30.4 Å². The van der Waals surface area contributed by atoms with Crippen molar-refractivity contribution in [2.45, 2.75) is 56.9 Å². The van der Waals surface area contributed by atoms with Gasteiger partial charge < -0.3 is 24.1 Å². The number of hydrogen-bond acceptors (Lipinski definition) is 5. The SMILES string of the molecule is C=CC(O)C1O[C@@H]2OC(C)(C)O[C@@H]2[C@H]1OCc1ccccc1. The molecule has 3 rings (SSSR count). The third-order valence-electron chi connectivity index (χ3n) is 3.89. The molecule has 0 spiro atoms. The lowest BCUT2D eigenvalue weighted by atomic mass is 10.1. The van der Waals surface area contributed by atoms with Crippen LogP contribution in [-0.2, 0) is 25.6 Å². The van der Waals surface area contributed by atoms with E-state index in [2.05, 4.69) is 6.58 Å². The van der Waals surface area contributed by atoms with Gasteiger partial charge in [0, 0.05) is 0 Å². The highest BCUT2D eigenvalue weighted by Gasteiger charge is 2.56. The van der Waals surface area contributed by atoms with Crippen molar-refractivity contribution in [3.63, 3.8) is 0 Å². The maximum absolute atomic E-state index is 10.1. The lowest BCUT2D eigenvalue weighted by molar-refractivity contribution is -0.227. The summed E-state index contributed by atoms with van der Waals surface area (Å²) in [6, 6.07) is 9.85. The zero-order valence-electron chi connectivity index (χ0n) is 12.8. The summed E-state index contributed by atoms with van der Waals surface area (Å²) >= 11 is 0. The van der Waals surface area contributed by atoms with Gasteiger partial charge in [0.25, 0.3) is 0 Å². The molecule has 2 aliphatic rings. The number of fused-ring (bicyclic) bond motifs is 1. The fourth-order valence-corrected chi connectivity index (χ4v) is 2.87. The molecule has 0 bridgehead atoms. The van der Waals surface area contributed by atoms with Crippen LogP contribution in [0.2, 0.25) is 0 Å². The highest BCUT2D eigenvalue weighted by molar-refractivity contribution is 5.13. The first-order valence-electron chi connectivity index (χ1n) is 7.47. The molecular weight excluding hydrogens is 284 g/mol. The average Bonchev–Trinajstić information content (AvgIpc) is 2.97. The minimum Gasteiger partial charge on any atom is -0.386 e. The maximum Gasteiger partial charge on any atom is 0.190 e. The lowest BCUT2D eigenvalue weighted by Crippen LogP contribution is -2.41. The normalized spacial score (nSPS) is 34.3. The van der Waals surface area contributed by atoms with Crippen molar-refractivity contribution in [2.24, 2.45) is 0 Å². The summed E-state index contributed by atoms with van der Waals surface area (Å²) in [4.78, 5) is 0. The summed E-state index contributed by atoms with van der Waals surface area (Å²) < 4.78 is 23.4. The van der Waals surface area contributed by atoms with E-state index in [1.54, 1.807) is 0 Å². The zero-order chi connectivity index (χ0) is 15.7. The van der Waals surface area contributed by atoms with Crippen molar-refractivity contribution in [3.05, 3.63) is 48.6 Å². The molecule has 1 aromatic rings. The van der Waals surface area contributed by atoms with Crippen LogP contribution in [0, 0.1) is 0 Å². The van der Waals surface area contributed by atoms with Gasteiger partial charge >= 0.3 is 0 Å². The van der Waals surface area contributed by atoms with Gasteiger partial charge in [0.05, 0.1) is 6.61 Å². The van der Waals surface area contributed by atoms with Crippen molar-refractivity contribution in [3.8, 4) is 0 Å². The van der Waals surface area contributed by atoms with E-state index in [9.17, 15) is 5.11 Å². The van der Waals surface area contributed by atoms with Crippen LogP contribution in [0.1, 0.15) is 19.4 Å². The second-order valence-electron chi connectivity index (χ2n) is 6.06. The topological polar surface area (TPSA) is 57.2 Å². The Balaban J connectivity index is 1.73. The monoisotopic (exact) mass is 306 g/mol. The minimum atomic E-state index is -0.832. The van der Waals surface area contributed by atoms with E-state index in [-0.39, 0.29) is 6.10 Å². The molecule has 0 aromatic heterocycles. The summed E-state index contributed by atoms with van der Waals surface area (Å²) in [5.74, 6) is -0.714. The van der Waals surface area contributed by atoms with Crippen LogP contribution in [0.3, 0.4) is 0 Å². The van der Waals surface area contributed by atoms with Crippen LogP contribution in [0.4, 0.5) is 0 Å². The van der Waals surface area contributed by atoms with Crippen molar-refractivity contribution in [1.82, 2.24) is 0 Å². The molecule has 2 fully saturated rings. The third-order valence-corrected chi connectivity index (χ3v) is 3.89. The summed E-state index contributed by atoms with van der Waals surface area (Å²) in [7, 11) is 0. The molecule has 0 saturated carbocycles. The predicted octanol–water partition coefficient (Wildman–Crippen LogP) is 2.00. The van der Waals surface area contributed by atoms with Crippen LogP contribution in [-0.4, -0.2) is 41.6 Å². The van der Waals surface area contributed by atoms with E-state index >= 15 is 0 Å². The molecule has 5 atom stereocenters. The van der Waals surface area contributed by atoms with Gasteiger partial charge in [-0.2, -0.15) is 0 Å². The van der Waals surface area contributed by atoms with E-state index in [1.165, 1.54) is 6.08 Å². The fourth-order valence-electron chi connectivity index (χ4n) is 2.87. The molecular formula is C17H22O5. The lowest BCUT2D eigenvalue weighted by Gasteiger charge is -2.27. The molecule has 22 heavy (non-hydrogen) atoms. The quantitative estimate of drug-likeness (QED) is 0.843. The molecule has 120 valence electrons. The molecule has 1 aromatic carbocycles. The van der Waals surface area contributed by atoms with Gasteiger partial charge in [-0.25, -0.2) is 0 Å². The molecule has 2 unspecified atom stereocenters. The van der Waals surface area contributed by atoms with Gasteiger partial charge in [0.2, 0.25) is 0 Å². The Bertz CT molecular complexity index is 515. The first kappa shape index (κ1) is 15.6. The van der Waals surface area contributed by atoms with Gasteiger partial charge in [0.1, 0.15) is 24.4 Å². The van der Waals surface area contributed by atoms with Crippen molar-refractivity contribution in [2.75, 3.05) is 0 Å². The van der Waals surface area contributed by atoms with Gasteiger partial charge in [-0.1, -0.05) is 36.4 Å². The second-order valence-corrected chi connectivity index (χ2v) is 6.06. The molecule has 5 heteroatoms. The Morgan fingerprint density at radius 3 is 2.73 bits per heavy atom. The highest BCUT2D eigenvalue weighted by atomic mass is 16.8. The summed E-state index contributed by atoms with van der Waals surface area (Å²) in [5, 5.41) is 10.1. The maximum atomic E-state index is 10.1. The van der Waals surface area contributed by atoms with Gasteiger partial charge in [-0.3, -0.25) is 0 Å². The number of aliphatic hydroxyl groups is 1. The Morgan fingerprint density at radius 2 is 2.05 bits per heavy atom. The van der Waals surface area contributed by atoms with Gasteiger partial charge in [-0.05, 0) is 19.4 Å². The van der Waals surface area contributed by atoms with Crippen molar-refractivity contribution < 1.29 is 24.1 Å². The summed E-state index contributed by atoms with van der Waals surface area (Å²) in [6.07, 6.45) is -1.25. The van der Waals surface area contributed by atoms with Crippen LogP contribution in [0.5, 0.6) is 0 Å². The van der Waals surface area contributed by atoms with Gasteiger partial charge in [0.15, 0.2) is 12.1 Å². The number of ether oxygens (including phenoxy) is 4. The molecule has 2 aliphatic heterocycles. The van der Waals surface area contributed by atoms with E-state index in [0.29, 0.717) is 6.61 Å². The Hall–Kier alpha value is -1.24. The third kappa shape index (κ3) is 3.09. The first-order valence-corrected chi connectivity index (χ1v) is 7.47. The van der Waals surface area contributed by atoms with Crippen LogP contribution >= 0.6 is 0 Å². The molecule has 1 N–H and O–H groups in total. The number of benzene rings is 1. The molecule has 2 heterocycles. The zero-order valence-corrected chi connectivity index (χ0v) is 12.8. The molecule has 0 aliphatic carbocycles. The Kier molecular flexibility index (Phi) is 4.34. The molecule has 2 saturated heterocycles. The minimum absolute atomic E-state index is 0.363. The first-order chi connectivity index (χ1) is 10.5. The standard InChI is InChI=1S/C17H22O5/c1-4-12(18)13-14(19-10-11-8-6-5-7-9-11)15-16(20-13)22-17(2,3)21-15/h4-9,12-16,18H,1,10H2,2-3H3/t12?,13?,14-,15+,16+/m0/s1. The summed E-state index contributed by atoms with van der Waals surface area (Å²) in [5.41, 5.74) is 1.05. The fraction of sp³-hybridized carbons (Fsp3) is 0.529. The average molecular weight is 306 g/mol. The van der Waals surface area contributed by atoms with E-state index in [4.69, 9.17) is 18.9 Å². The second kappa shape index (κ2) is 6.10. The van der Waals surface area contributed by atoms with E-state index in [0.717, 1.165) is 5.56 Å². The molecule has 0 amide bonds. The summed E-state index contributed by atoms with van der Waals surface area (Å²) in [6.45, 7) is 7.70. The van der Waals surface area contributed by atoms with Crippen LogP contribution in [0.15, 0.2) is 43.0 Å². The van der Waals surface area contributed by atoms with Crippen LogP contribution in [0.25, 0.3) is 0 Å². The number of hydrogen-bond donors (Lipinski definition) is 1. The smallest absolute Gasteiger partial charge is 0.190 e. The number of rotatable bonds is 5. The van der Waals surface area contributed by atoms with Crippen molar-refractivity contribution >= 4 is 0 Å². The van der Waals surface area contributed by atoms with Crippen molar-refractivity contribution in [1.29, 1.82) is 0 Å². The van der Waals surface area contributed by atoms with Crippen LogP contribution < -0.4 is 0 Å². The Labute approximate surface area is 130 Å². The van der Waals surface area contributed by atoms with E-state index in [1.807, 2.05) is 44.2 Å². The Morgan fingerprint density at radius 1 is 1.32 bits per heavy atom. The molecule has 5 nitrogen and oxygen atoms in total. The molecule has 0 radical (unpaired) electrons. The largest absolute Gasteiger partial charge is 0.386 e. The highest BCUT2D eigenvalue weighted by Crippen LogP contribution is 2.40. The number of aliphatic hydroxyl groups excluding tert-OH is 1.